The van der Waals surface area contributed by atoms with Gasteiger partial charge in [0.2, 0.25) is 0 Å². The molecule has 0 unspecified atom stereocenters. The lowest BCUT2D eigenvalue weighted by molar-refractivity contribution is 0.754. The van der Waals surface area contributed by atoms with Gasteiger partial charge in [0.25, 0.3) is 0 Å². The van der Waals surface area contributed by atoms with Crippen LogP contribution in [0.5, 0.6) is 0 Å². The highest BCUT2D eigenvalue weighted by Gasteiger charge is 2.11. The first-order valence-corrected chi connectivity index (χ1v) is 9.03. The zero-order valence-electron chi connectivity index (χ0n) is 11.2. The van der Waals surface area contributed by atoms with Gasteiger partial charge in [0.1, 0.15) is 5.82 Å². The molecule has 0 aliphatic carbocycles. The molecule has 2 nitrogen and oxygen atoms in total. The molecule has 3 aromatic rings. The summed E-state index contributed by atoms with van der Waals surface area (Å²) in [5, 5.41) is 0. The average Bonchev–Trinajstić information content (AvgIpc) is 2.79. The maximum atomic E-state index is 5.93. The number of hydrogen-bond acceptors (Lipinski definition) is 1. The summed E-state index contributed by atoms with van der Waals surface area (Å²) in [5.41, 5.74) is 3.46. The highest BCUT2D eigenvalue weighted by molar-refractivity contribution is 14.1. The van der Waals surface area contributed by atoms with Crippen LogP contribution in [0.15, 0.2) is 46.9 Å². The Balaban J connectivity index is 2.06. The summed E-state index contributed by atoms with van der Waals surface area (Å²) >= 11 is 11.7. The lowest BCUT2D eigenvalue weighted by atomic mass is 10.2. The average molecular weight is 476 g/mol. The molecular formula is C16H13BrClIN2. The first-order valence-electron chi connectivity index (χ1n) is 6.62. The Morgan fingerprint density at radius 2 is 1.90 bits per heavy atom. The third kappa shape index (κ3) is 3.43. The number of rotatable bonds is 4. The molecule has 21 heavy (non-hydrogen) atoms. The zero-order chi connectivity index (χ0) is 14.8. The van der Waals surface area contributed by atoms with E-state index in [-0.39, 0.29) is 0 Å². The molecule has 2 aromatic carbocycles. The highest BCUT2D eigenvalue weighted by Crippen LogP contribution is 2.21. The van der Waals surface area contributed by atoms with Gasteiger partial charge in [-0.15, -0.1) is 11.6 Å². The molecule has 5 heteroatoms. The lowest BCUT2D eigenvalue weighted by Gasteiger charge is -2.09. The van der Waals surface area contributed by atoms with Crippen LogP contribution in [-0.4, -0.2) is 15.4 Å². The maximum absolute atomic E-state index is 5.93. The van der Waals surface area contributed by atoms with E-state index < -0.39 is 0 Å². The van der Waals surface area contributed by atoms with Crippen LogP contribution in [0.2, 0.25) is 0 Å². The third-order valence-electron chi connectivity index (χ3n) is 3.36. The van der Waals surface area contributed by atoms with E-state index in [0.717, 1.165) is 28.8 Å². The van der Waals surface area contributed by atoms with Crippen LogP contribution < -0.4 is 0 Å². The molecule has 0 radical (unpaired) electrons. The molecule has 1 aromatic heterocycles. The van der Waals surface area contributed by atoms with Crippen molar-refractivity contribution in [1.29, 1.82) is 0 Å². The van der Waals surface area contributed by atoms with Gasteiger partial charge in [0.05, 0.1) is 11.0 Å². The van der Waals surface area contributed by atoms with Crippen molar-refractivity contribution in [2.45, 2.75) is 13.0 Å². The van der Waals surface area contributed by atoms with Gasteiger partial charge in [-0.05, 0) is 58.5 Å². The van der Waals surface area contributed by atoms with Crippen molar-refractivity contribution in [2.75, 3.05) is 5.88 Å². The van der Waals surface area contributed by atoms with Crippen LogP contribution in [0.25, 0.3) is 11.0 Å². The van der Waals surface area contributed by atoms with Gasteiger partial charge in [0, 0.05) is 26.9 Å². The fourth-order valence-corrected chi connectivity index (χ4v) is 3.29. The van der Waals surface area contributed by atoms with E-state index in [9.17, 15) is 0 Å². The summed E-state index contributed by atoms with van der Waals surface area (Å²) in [4.78, 5) is 4.74. The van der Waals surface area contributed by atoms with E-state index >= 15 is 0 Å². The molecule has 0 spiro atoms. The van der Waals surface area contributed by atoms with E-state index in [1.54, 1.807) is 0 Å². The van der Waals surface area contributed by atoms with Crippen molar-refractivity contribution in [3.05, 3.63) is 61.9 Å². The van der Waals surface area contributed by atoms with E-state index in [0.29, 0.717) is 5.88 Å². The Bertz CT molecular complexity index is 768. The second-order valence-electron chi connectivity index (χ2n) is 4.81. The molecule has 0 fully saturated rings. The van der Waals surface area contributed by atoms with Gasteiger partial charge in [-0.1, -0.05) is 28.1 Å². The zero-order valence-corrected chi connectivity index (χ0v) is 15.7. The maximum Gasteiger partial charge on any atom is 0.111 e. The Morgan fingerprint density at radius 1 is 1.14 bits per heavy atom. The van der Waals surface area contributed by atoms with E-state index in [4.69, 9.17) is 16.6 Å². The number of hydrogen-bond donors (Lipinski definition) is 0. The summed E-state index contributed by atoms with van der Waals surface area (Å²) < 4.78 is 4.56. The van der Waals surface area contributed by atoms with Crippen molar-refractivity contribution < 1.29 is 0 Å². The Labute approximate surface area is 150 Å². The lowest BCUT2D eigenvalue weighted by Crippen LogP contribution is -2.05. The third-order valence-corrected chi connectivity index (χ3v) is 4.75. The first-order chi connectivity index (χ1) is 10.2. The summed E-state index contributed by atoms with van der Waals surface area (Å²) in [6.07, 6.45) is 0.781. The van der Waals surface area contributed by atoms with Gasteiger partial charge in [-0.2, -0.15) is 0 Å². The van der Waals surface area contributed by atoms with Crippen LogP contribution in [0.1, 0.15) is 11.4 Å². The van der Waals surface area contributed by atoms with Crippen LogP contribution in [-0.2, 0) is 13.0 Å². The minimum Gasteiger partial charge on any atom is -0.323 e. The summed E-state index contributed by atoms with van der Waals surface area (Å²) in [6.45, 7) is 0.816. The van der Waals surface area contributed by atoms with Gasteiger partial charge in [-0.25, -0.2) is 4.98 Å². The van der Waals surface area contributed by atoms with Gasteiger partial charge in [0.15, 0.2) is 0 Å². The van der Waals surface area contributed by atoms with E-state index in [1.165, 1.54) is 14.7 Å². The van der Waals surface area contributed by atoms with Gasteiger partial charge >= 0.3 is 0 Å². The molecule has 0 saturated carbocycles. The van der Waals surface area contributed by atoms with E-state index in [1.807, 2.05) is 0 Å². The topological polar surface area (TPSA) is 17.8 Å². The van der Waals surface area contributed by atoms with Crippen LogP contribution >= 0.6 is 50.1 Å². The number of alkyl halides is 1. The van der Waals surface area contributed by atoms with Gasteiger partial charge in [-0.3, -0.25) is 0 Å². The number of aryl methyl sites for hydroxylation is 1. The van der Waals surface area contributed by atoms with Crippen molar-refractivity contribution in [3.63, 3.8) is 0 Å². The van der Waals surface area contributed by atoms with Crippen molar-refractivity contribution >= 4 is 61.2 Å². The molecule has 0 saturated heterocycles. The molecule has 0 N–H and O–H groups in total. The predicted molar refractivity (Wildman–Crippen MR) is 100 cm³/mol. The number of fused-ring (bicyclic) bond motifs is 1. The van der Waals surface area contributed by atoms with Crippen LogP contribution in [0.3, 0.4) is 0 Å². The molecule has 0 bridgehead atoms. The molecule has 0 amide bonds. The Hall–Kier alpha value is -0.590. The molecular weight excluding hydrogens is 462 g/mol. The molecule has 3 rings (SSSR count). The van der Waals surface area contributed by atoms with Crippen LogP contribution in [0.4, 0.5) is 0 Å². The Kier molecular flexibility index (Phi) is 4.86. The number of aromatic nitrogens is 2. The largest absolute Gasteiger partial charge is 0.323 e. The van der Waals surface area contributed by atoms with E-state index in [2.05, 4.69) is 85.6 Å². The minimum atomic E-state index is 0.584. The summed E-state index contributed by atoms with van der Waals surface area (Å²) in [6, 6.07) is 14.8. The second kappa shape index (κ2) is 6.67. The Morgan fingerprint density at radius 3 is 2.62 bits per heavy atom. The number of benzene rings is 2. The number of halogens is 3. The SMILES string of the molecule is ClCCc1nc2cc(I)ccc2n1Cc1ccc(Br)cc1. The molecule has 0 aliphatic heterocycles. The standard InChI is InChI=1S/C16H13BrClIN2/c17-12-3-1-11(2-4-12)10-21-15-6-5-13(19)9-14(15)20-16(21)7-8-18/h1-6,9H,7-8,10H2. The minimum absolute atomic E-state index is 0.584. The van der Waals surface area contributed by atoms with Crippen molar-refractivity contribution in [3.8, 4) is 0 Å². The molecule has 108 valence electrons. The molecule has 1 heterocycles. The smallest absolute Gasteiger partial charge is 0.111 e. The summed E-state index contributed by atoms with van der Waals surface area (Å²) in [7, 11) is 0. The second-order valence-corrected chi connectivity index (χ2v) is 7.35. The fraction of sp³-hybridized carbons (Fsp3) is 0.188. The fourth-order valence-electron chi connectivity index (χ4n) is 2.38. The number of imidazole rings is 1. The highest BCUT2D eigenvalue weighted by atomic mass is 127. The first kappa shape index (κ1) is 15.3. The van der Waals surface area contributed by atoms with Crippen molar-refractivity contribution in [2.24, 2.45) is 0 Å². The molecule has 0 atom stereocenters. The monoisotopic (exact) mass is 474 g/mol. The van der Waals surface area contributed by atoms with Gasteiger partial charge < -0.3 is 4.57 Å². The summed E-state index contributed by atoms with van der Waals surface area (Å²) in [5.74, 6) is 1.63. The van der Waals surface area contributed by atoms with Crippen molar-refractivity contribution in [1.82, 2.24) is 9.55 Å². The quantitative estimate of drug-likeness (QED) is 0.373. The molecule has 0 aliphatic rings. The normalized spacial score (nSPS) is 11.2. The van der Waals surface area contributed by atoms with Crippen LogP contribution in [0, 0.1) is 3.57 Å². The predicted octanol–water partition coefficient (Wildman–Crippen LogP) is 5.23. The number of nitrogens with zero attached hydrogens (tertiary/aromatic N) is 2.